The summed E-state index contributed by atoms with van der Waals surface area (Å²) in [4.78, 5) is 15.2. The molecule has 1 amide bonds. The van der Waals surface area contributed by atoms with Gasteiger partial charge in [-0.1, -0.05) is 13.3 Å². The van der Waals surface area contributed by atoms with E-state index >= 15 is 0 Å². The largest absolute Gasteiger partial charge is 0.351 e. The van der Waals surface area contributed by atoms with Crippen molar-refractivity contribution in [3.63, 3.8) is 0 Å². The second kappa shape index (κ2) is 6.02. The number of carbonyl (C=O) groups is 1. The number of nitrogens with two attached hydrogens (primary N) is 1. The number of hydrogen-bond donors (Lipinski definition) is 2. The van der Waals surface area contributed by atoms with Crippen molar-refractivity contribution in [2.45, 2.75) is 70.0 Å². The van der Waals surface area contributed by atoms with Crippen molar-refractivity contribution in [1.29, 1.82) is 0 Å². The van der Waals surface area contributed by atoms with Crippen LogP contribution in [0.1, 0.15) is 51.9 Å². The first-order valence-corrected chi connectivity index (χ1v) is 8.45. The van der Waals surface area contributed by atoms with Gasteiger partial charge < -0.3 is 11.1 Å². The molecule has 0 aromatic carbocycles. The summed E-state index contributed by atoms with van der Waals surface area (Å²) in [5.74, 6) is 0.914. The van der Waals surface area contributed by atoms with Crippen molar-refractivity contribution in [1.82, 2.24) is 10.2 Å². The number of rotatable bonds is 2. The lowest BCUT2D eigenvalue weighted by Crippen LogP contribution is -2.50. The van der Waals surface area contributed by atoms with Gasteiger partial charge >= 0.3 is 0 Å². The molecule has 0 aromatic heterocycles. The molecule has 3 fully saturated rings. The summed E-state index contributed by atoms with van der Waals surface area (Å²) in [5, 5.41) is 3.37. The molecule has 2 saturated heterocycles. The van der Waals surface area contributed by atoms with Crippen LogP contribution in [-0.2, 0) is 4.79 Å². The third kappa shape index (κ3) is 2.86. The summed E-state index contributed by atoms with van der Waals surface area (Å²) < 4.78 is 0. The van der Waals surface area contributed by atoms with E-state index in [0.717, 1.165) is 25.7 Å². The maximum atomic E-state index is 12.6. The molecule has 3 N–H and O–H groups in total. The normalized spacial score (nSPS) is 42.2. The summed E-state index contributed by atoms with van der Waals surface area (Å²) in [6, 6.07) is 1.30. The van der Waals surface area contributed by atoms with Gasteiger partial charge in [-0.3, -0.25) is 9.69 Å². The average molecular weight is 279 g/mol. The molecule has 5 atom stereocenters. The Balaban J connectivity index is 1.56. The molecule has 114 valence electrons. The van der Waals surface area contributed by atoms with Gasteiger partial charge in [0.1, 0.15) is 0 Å². The molecule has 3 aliphatic rings. The maximum Gasteiger partial charge on any atom is 0.223 e. The molecule has 1 aliphatic carbocycles. The van der Waals surface area contributed by atoms with Crippen LogP contribution in [0.25, 0.3) is 0 Å². The molecular weight excluding hydrogens is 250 g/mol. The van der Waals surface area contributed by atoms with Gasteiger partial charge in [0.15, 0.2) is 0 Å². The van der Waals surface area contributed by atoms with E-state index < -0.39 is 0 Å². The molecule has 0 spiro atoms. The van der Waals surface area contributed by atoms with E-state index in [2.05, 4.69) is 17.1 Å². The van der Waals surface area contributed by atoms with Gasteiger partial charge in [0.05, 0.1) is 0 Å². The van der Waals surface area contributed by atoms with Crippen LogP contribution < -0.4 is 11.1 Å². The molecule has 0 radical (unpaired) electrons. The zero-order valence-corrected chi connectivity index (χ0v) is 12.7. The highest BCUT2D eigenvalue weighted by Crippen LogP contribution is 2.31. The number of piperidine rings is 1. The standard InChI is InChI=1S/C16H29N3O/c1-11-10-12(17)5-6-13(11)16(20)18-14-7-9-19-8-3-2-4-15(14)19/h11-15H,2-10,17H2,1H3,(H,18,20). The van der Waals surface area contributed by atoms with Crippen LogP contribution in [0.15, 0.2) is 0 Å². The monoisotopic (exact) mass is 279 g/mol. The number of nitrogens with zero attached hydrogens (tertiary/aromatic N) is 1. The first-order valence-electron chi connectivity index (χ1n) is 8.45. The fourth-order valence-electron chi connectivity index (χ4n) is 4.53. The lowest BCUT2D eigenvalue weighted by molar-refractivity contribution is -0.128. The molecule has 3 rings (SSSR count). The lowest BCUT2D eigenvalue weighted by atomic mass is 9.77. The number of amides is 1. The van der Waals surface area contributed by atoms with Crippen LogP contribution in [0.2, 0.25) is 0 Å². The third-order valence-electron chi connectivity index (χ3n) is 5.73. The van der Waals surface area contributed by atoms with E-state index in [4.69, 9.17) is 5.73 Å². The highest BCUT2D eigenvalue weighted by molar-refractivity contribution is 5.79. The highest BCUT2D eigenvalue weighted by Gasteiger charge is 2.38. The highest BCUT2D eigenvalue weighted by atomic mass is 16.2. The Kier molecular flexibility index (Phi) is 4.32. The van der Waals surface area contributed by atoms with Gasteiger partial charge in [0.25, 0.3) is 0 Å². The fraction of sp³-hybridized carbons (Fsp3) is 0.938. The Labute approximate surface area is 122 Å². The van der Waals surface area contributed by atoms with E-state index in [1.54, 1.807) is 0 Å². The first-order chi connectivity index (χ1) is 9.65. The molecule has 4 nitrogen and oxygen atoms in total. The van der Waals surface area contributed by atoms with Crippen molar-refractivity contribution in [2.24, 2.45) is 17.6 Å². The van der Waals surface area contributed by atoms with Crippen molar-refractivity contribution in [2.75, 3.05) is 13.1 Å². The Hall–Kier alpha value is -0.610. The smallest absolute Gasteiger partial charge is 0.223 e. The summed E-state index contributed by atoms with van der Waals surface area (Å²) >= 11 is 0. The molecule has 2 aliphatic heterocycles. The minimum absolute atomic E-state index is 0.187. The van der Waals surface area contributed by atoms with Crippen LogP contribution in [0.3, 0.4) is 0 Å². The lowest BCUT2D eigenvalue weighted by Gasteiger charge is -2.35. The van der Waals surface area contributed by atoms with Gasteiger partial charge in [-0.05, 0) is 51.0 Å². The average Bonchev–Trinajstić information content (AvgIpc) is 2.82. The third-order valence-corrected chi connectivity index (χ3v) is 5.73. The predicted octanol–water partition coefficient (Wildman–Crippen LogP) is 1.49. The van der Waals surface area contributed by atoms with E-state index in [1.807, 2.05) is 0 Å². The second-order valence-corrected chi connectivity index (χ2v) is 7.16. The molecular formula is C16H29N3O. The minimum Gasteiger partial charge on any atom is -0.351 e. The Morgan fingerprint density at radius 3 is 2.80 bits per heavy atom. The minimum atomic E-state index is 0.187. The van der Waals surface area contributed by atoms with Gasteiger partial charge in [0, 0.05) is 30.6 Å². The summed E-state index contributed by atoms with van der Waals surface area (Å²) in [6.07, 6.45) is 8.01. The van der Waals surface area contributed by atoms with Crippen molar-refractivity contribution in [3.05, 3.63) is 0 Å². The van der Waals surface area contributed by atoms with Crippen LogP contribution >= 0.6 is 0 Å². The van der Waals surface area contributed by atoms with E-state index in [0.29, 0.717) is 30.0 Å². The van der Waals surface area contributed by atoms with Gasteiger partial charge in [0.2, 0.25) is 5.91 Å². The molecule has 0 bridgehead atoms. The van der Waals surface area contributed by atoms with Crippen molar-refractivity contribution in [3.8, 4) is 0 Å². The molecule has 20 heavy (non-hydrogen) atoms. The molecule has 5 unspecified atom stereocenters. The number of carbonyl (C=O) groups excluding carboxylic acids is 1. The fourth-order valence-corrected chi connectivity index (χ4v) is 4.53. The van der Waals surface area contributed by atoms with Gasteiger partial charge in [-0.15, -0.1) is 0 Å². The van der Waals surface area contributed by atoms with Gasteiger partial charge in [-0.2, -0.15) is 0 Å². The number of nitrogens with one attached hydrogen (secondary N) is 1. The van der Waals surface area contributed by atoms with Gasteiger partial charge in [-0.25, -0.2) is 0 Å². The van der Waals surface area contributed by atoms with Crippen LogP contribution in [0.5, 0.6) is 0 Å². The summed E-state index contributed by atoms with van der Waals surface area (Å²) in [7, 11) is 0. The zero-order valence-electron chi connectivity index (χ0n) is 12.7. The zero-order chi connectivity index (χ0) is 14.1. The number of hydrogen-bond acceptors (Lipinski definition) is 3. The SMILES string of the molecule is CC1CC(N)CCC1C(=O)NC1CCN2CCCCC12. The second-order valence-electron chi connectivity index (χ2n) is 7.16. The first kappa shape index (κ1) is 14.3. The topological polar surface area (TPSA) is 58.4 Å². The van der Waals surface area contributed by atoms with E-state index in [1.165, 1.54) is 32.4 Å². The Morgan fingerprint density at radius 1 is 1.15 bits per heavy atom. The molecule has 1 saturated carbocycles. The summed E-state index contributed by atoms with van der Waals surface area (Å²) in [6.45, 7) is 4.58. The van der Waals surface area contributed by atoms with Crippen LogP contribution in [-0.4, -0.2) is 42.0 Å². The Bertz CT molecular complexity index is 360. The van der Waals surface area contributed by atoms with E-state index in [9.17, 15) is 4.79 Å². The maximum absolute atomic E-state index is 12.6. The molecule has 0 aromatic rings. The molecule has 4 heteroatoms. The van der Waals surface area contributed by atoms with Crippen LogP contribution in [0.4, 0.5) is 0 Å². The van der Waals surface area contributed by atoms with Crippen LogP contribution in [0, 0.1) is 11.8 Å². The van der Waals surface area contributed by atoms with Crippen molar-refractivity contribution < 1.29 is 4.79 Å². The van der Waals surface area contributed by atoms with Crippen molar-refractivity contribution >= 4 is 5.91 Å². The predicted molar refractivity (Wildman–Crippen MR) is 80.2 cm³/mol. The summed E-state index contributed by atoms with van der Waals surface area (Å²) in [5.41, 5.74) is 6.00. The Morgan fingerprint density at radius 2 is 2.00 bits per heavy atom. The number of fused-ring (bicyclic) bond motifs is 1. The van der Waals surface area contributed by atoms with E-state index in [-0.39, 0.29) is 5.92 Å². The molecule has 2 heterocycles. The quantitative estimate of drug-likeness (QED) is 0.805.